The Labute approximate surface area is 84.6 Å². The first kappa shape index (κ1) is 10.3. The maximum atomic E-state index is 2.31. The third-order valence-electron chi connectivity index (χ3n) is 1.85. The van der Waals surface area contributed by atoms with Crippen molar-refractivity contribution in [3.63, 3.8) is 0 Å². The molecule has 13 heavy (non-hydrogen) atoms. The van der Waals surface area contributed by atoms with Crippen LogP contribution in [-0.4, -0.2) is 0 Å². The summed E-state index contributed by atoms with van der Waals surface area (Å²) in [6.07, 6.45) is 9.16. The first-order chi connectivity index (χ1) is 6.47. The second-order valence-electron chi connectivity index (χ2n) is 2.65. The zero-order chi connectivity index (χ0) is 9.52. The second-order valence-corrected chi connectivity index (χ2v) is 3.43. The molecular weight excluding hydrogens is 176 g/mol. The van der Waals surface area contributed by atoms with Gasteiger partial charge in [0.15, 0.2) is 0 Å². The summed E-state index contributed by atoms with van der Waals surface area (Å²) in [6, 6.07) is 2.17. The van der Waals surface area contributed by atoms with E-state index in [1.54, 1.807) is 11.3 Å². The Morgan fingerprint density at radius 3 is 2.62 bits per heavy atom. The molecule has 0 aliphatic heterocycles. The average Bonchev–Trinajstić information content (AvgIpc) is 2.75. The molecule has 0 spiro atoms. The van der Waals surface area contributed by atoms with Crippen molar-refractivity contribution in [2.45, 2.75) is 26.7 Å². The molecule has 1 heterocycles. The Kier molecular flexibility index (Phi) is 4.55. The van der Waals surface area contributed by atoms with Crippen molar-refractivity contribution < 1.29 is 0 Å². The van der Waals surface area contributed by atoms with Crippen LogP contribution in [0.4, 0.5) is 0 Å². The van der Waals surface area contributed by atoms with Crippen molar-refractivity contribution in [3.05, 3.63) is 40.6 Å². The van der Waals surface area contributed by atoms with Gasteiger partial charge in [0.1, 0.15) is 0 Å². The summed E-state index contributed by atoms with van der Waals surface area (Å²) >= 11 is 1.76. The summed E-state index contributed by atoms with van der Waals surface area (Å²) in [7, 11) is 0. The molecule has 0 N–H and O–H groups in total. The van der Waals surface area contributed by atoms with E-state index in [4.69, 9.17) is 0 Å². The largest absolute Gasteiger partial charge is 0.152 e. The molecule has 0 fully saturated rings. The second kappa shape index (κ2) is 5.76. The average molecular weight is 192 g/mol. The zero-order valence-electron chi connectivity index (χ0n) is 8.29. The predicted molar refractivity (Wildman–Crippen MR) is 62.0 cm³/mol. The van der Waals surface area contributed by atoms with Crippen LogP contribution >= 0.6 is 11.3 Å². The van der Waals surface area contributed by atoms with E-state index in [1.807, 2.05) is 13.8 Å². The van der Waals surface area contributed by atoms with Crippen molar-refractivity contribution in [2.75, 3.05) is 0 Å². The Morgan fingerprint density at radius 1 is 1.23 bits per heavy atom. The lowest BCUT2D eigenvalue weighted by Gasteiger charge is -2.03. The molecule has 0 atom stereocenters. The van der Waals surface area contributed by atoms with Crippen LogP contribution in [0.15, 0.2) is 35.1 Å². The van der Waals surface area contributed by atoms with E-state index in [1.165, 1.54) is 24.0 Å². The molecule has 2 rings (SSSR count). The molecule has 0 nitrogen and oxygen atoms in total. The summed E-state index contributed by atoms with van der Waals surface area (Å²) < 4.78 is 0. The Balaban J connectivity index is 0.000000396. The van der Waals surface area contributed by atoms with E-state index in [-0.39, 0.29) is 0 Å². The van der Waals surface area contributed by atoms with Crippen LogP contribution in [0.5, 0.6) is 0 Å². The lowest BCUT2D eigenvalue weighted by Crippen LogP contribution is -1.81. The third kappa shape index (κ3) is 2.85. The quantitative estimate of drug-likeness (QED) is 0.614. The molecule has 1 aliphatic rings. The summed E-state index contributed by atoms with van der Waals surface area (Å²) in [4.78, 5) is 0. The minimum absolute atomic E-state index is 1.20. The van der Waals surface area contributed by atoms with Gasteiger partial charge in [-0.2, -0.15) is 11.3 Å². The SMILES string of the molecule is C1=CC(c2ccsc2)=CCC1.CC. The van der Waals surface area contributed by atoms with Crippen LogP contribution in [0.1, 0.15) is 32.3 Å². The van der Waals surface area contributed by atoms with Gasteiger partial charge in [-0.3, -0.25) is 0 Å². The standard InChI is InChI=1S/C10H10S.C2H6/c1-2-4-9(5-3-1)10-6-7-11-8-10;1-2/h2,4-8H,1,3H2;1-2H3. The molecule has 1 aliphatic carbocycles. The number of hydrogen-bond acceptors (Lipinski definition) is 1. The molecule has 0 amide bonds. The van der Waals surface area contributed by atoms with Gasteiger partial charge < -0.3 is 0 Å². The van der Waals surface area contributed by atoms with E-state index in [0.29, 0.717) is 0 Å². The van der Waals surface area contributed by atoms with E-state index < -0.39 is 0 Å². The van der Waals surface area contributed by atoms with Gasteiger partial charge >= 0.3 is 0 Å². The van der Waals surface area contributed by atoms with E-state index in [9.17, 15) is 0 Å². The van der Waals surface area contributed by atoms with Crippen LogP contribution in [0.3, 0.4) is 0 Å². The fraction of sp³-hybridized carbons (Fsp3) is 0.333. The highest BCUT2D eigenvalue weighted by atomic mass is 32.1. The number of allylic oxidation sites excluding steroid dienone is 4. The topological polar surface area (TPSA) is 0 Å². The van der Waals surface area contributed by atoms with Crippen molar-refractivity contribution in [3.8, 4) is 0 Å². The maximum Gasteiger partial charge on any atom is -0.00149 e. The monoisotopic (exact) mass is 192 g/mol. The van der Waals surface area contributed by atoms with Gasteiger partial charge in [-0.1, -0.05) is 32.1 Å². The first-order valence-electron chi connectivity index (χ1n) is 4.86. The Morgan fingerprint density at radius 2 is 2.08 bits per heavy atom. The molecule has 0 saturated carbocycles. The molecule has 0 bridgehead atoms. The van der Waals surface area contributed by atoms with Gasteiger partial charge in [0.25, 0.3) is 0 Å². The van der Waals surface area contributed by atoms with Crippen LogP contribution in [-0.2, 0) is 0 Å². The van der Waals surface area contributed by atoms with Gasteiger partial charge in [0.05, 0.1) is 0 Å². The summed E-state index contributed by atoms with van der Waals surface area (Å²) in [5.74, 6) is 0. The van der Waals surface area contributed by atoms with Gasteiger partial charge in [-0.05, 0) is 40.8 Å². The highest BCUT2D eigenvalue weighted by Gasteiger charge is 1.99. The van der Waals surface area contributed by atoms with Crippen LogP contribution in [0.2, 0.25) is 0 Å². The number of thiophene rings is 1. The third-order valence-corrected chi connectivity index (χ3v) is 2.53. The van der Waals surface area contributed by atoms with E-state index in [2.05, 4.69) is 35.1 Å². The van der Waals surface area contributed by atoms with Crippen molar-refractivity contribution >= 4 is 16.9 Å². The predicted octanol–water partition coefficient (Wildman–Crippen LogP) is 4.51. The van der Waals surface area contributed by atoms with Gasteiger partial charge in [0.2, 0.25) is 0 Å². The molecule has 0 aromatic carbocycles. The minimum Gasteiger partial charge on any atom is -0.152 e. The normalized spacial score (nSPS) is 14.5. The smallest absolute Gasteiger partial charge is 0.00149 e. The molecule has 1 heteroatoms. The molecule has 0 unspecified atom stereocenters. The van der Waals surface area contributed by atoms with Gasteiger partial charge in [-0.15, -0.1) is 0 Å². The van der Waals surface area contributed by atoms with Crippen LogP contribution < -0.4 is 0 Å². The lowest BCUT2D eigenvalue weighted by atomic mass is 10.0. The number of rotatable bonds is 1. The fourth-order valence-electron chi connectivity index (χ4n) is 1.26. The van der Waals surface area contributed by atoms with E-state index in [0.717, 1.165) is 0 Å². The van der Waals surface area contributed by atoms with Crippen molar-refractivity contribution in [1.82, 2.24) is 0 Å². The first-order valence-corrected chi connectivity index (χ1v) is 5.80. The lowest BCUT2D eigenvalue weighted by molar-refractivity contribution is 1.04. The van der Waals surface area contributed by atoms with Crippen LogP contribution in [0.25, 0.3) is 5.57 Å². The van der Waals surface area contributed by atoms with E-state index >= 15 is 0 Å². The maximum absolute atomic E-state index is 2.31. The Bertz CT molecular complexity index is 278. The van der Waals surface area contributed by atoms with Crippen molar-refractivity contribution in [2.24, 2.45) is 0 Å². The molecule has 1 aromatic rings. The van der Waals surface area contributed by atoms with Crippen molar-refractivity contribution in [1.29, 1.82) is 0 Å². The summed E-state index contributed by atoms with van der Waals surface area (Å²) in [5, 5.41) is 4.32. The fourth-order valence-corrected chi connectivity index (χ4v) is 1.92. The molecule has 70 valence electrons. The highest BCUT2D eigenvalue weighted by Crippen LogP contribution is 2.22. The zero-order valence-corrected chi connectivity index (χ0v) is 9.10. The summed E-state index contributed by atoms with van der Waals surface area (Å²) in [6.45, 7) is 4.00. The highest BCUT2D eigenvalue weighted by molar-refractivity contribution is 7.08. The minimum atomic E-state index is 1.20. The molecular formula is C12H16S. The van der Waals surface area contributed by atoms with Gasteiger partial charge in [0, 0.05) is 0 Å². The molecule has 0 saturated heterocycles. The Hall–Kier alpha value is -0.820. The number of hydrogen-bond donors (Lipinski definition) is 0. The van der Waals surface area contributed by atoms with Crippen LogP contribution in [0, 0.1) is 0 Å². The molecule has 1 aromatic heterocycles. The van der Waals surface area contributed by atoms with Gasteiger partial charge in [-0.25, -0.2) is 0 Å². The molecule has 0 radical (unpaired) electrons. The summed E-state index contributed by atoms with van der Waals surface area (Å²) in [5.41, 5.74) is 2.75.